The van der Waals surface area contributed by atoms with Gasteiger partial charge >= 0.3 is 6.09 Å². The second kappa shape index (κ2) is 14.6. The molecule has 0 spiro atoms. The molecule has 4 aromatic rings. The Kier molecular flexibility index (Phi) is 10.4. The van der Waals surface area contributed by atoms with Crippen molar-refractivity contribution in [2.75, 3.05) is 13.2 Å². The molecular formula is C37H44N2O5. The van der Waals surface area contributed by atoms with E-state index in [1.54, 1.807) is 4.57 Å². The number of aliphatic hydroxyl groups excluding tert-OH is 1. The summed E-state index contributed by atoms with van der Waals surface area (Å²) in [6, 6.07) is 24.3. The van der Waals surface area contributed by atoms with E-state index in [1.807, 2.05) is 99.8 Å². The van der Waals surface area contributed by atoms with Crippen molar-refractivity contribution in [1.82, 2.24) is 9.88 Å². The maximum atomic E-state index is 13.6. The molecule has 7 nitrogen and oxygen atoms in total. The summed E-state index contributed by atoms with van der Waals surface area (Å²) >= 11 is 0. The monoisotopic (exact) mass is 596 g/mol. The van der Waals surface area contributed by atoms with Crippen LogP contribution < -0.4 is 14.8 Å². The zero-order valence-electron chi connectivity index (χ0n) is 26.1. The number of carbonyl (C=O) groups is 1. The molecule has 3 aromatic carbocycles. The van der Waals surface area contributed by atoms with Crippen LogP contribution in [0.15, 0.2) is 90.6 Å². The van der Waals surface area contributed by atoms with Crippen molar-refractivity contribution >= 4 is 17.0 Å². The van der Waals surface area contributed by atoms with Crippen LogP contribution in [0.25, 0.3) is 10.9 Å². The van der Waals surface area contributed by atoms with Gasteiger partial charge in [0.05, 0.1) is 0 Å². The highest BCUT2D eigenvalue weighted by molar-refractivity contribution is 5.97. The Morgan fingerprint density at radius 1 is 0.932 bits per heavy atom. The maximum Gasteiger partial charge on any atom is 0.419 e. The van der Waals surface area contributed by atoms with Gasteiger partial charge in [-0.15, -0.1) is 0 Å². The van der Waals surface area contributed by atoms with Crippen molar-refractivity contribution in [3.05, 3.63) is 107 Å². The minimum atomic E-state index is -0.664. The molecule has 7 heteroatoms. The molecule has 0 radical (unpaired) electrons. The molecule has 2 N–H and O–H groups in total. The Hall–Kier alpha value is -4.07. The highest BCUT2D eigenvalue weighted by Gasteiger charge is 2.25. The molecule has 0 amide bonds. The summed E-state index contributed by atoms with van der Waals surface area (Å²) in [5.41, 5.74) is 4.38. The van der Waals surface area contributed by atoms with Gasteiger partial charge in [0, 0.05) is 24.2 Å². The topological polar surface area (TPSA) is 82.0 Å². The number of hydrogen-bond donors (Lipinski definition) is 2. The number of fused-ring (bicyclic) bond motifs is 1. The average Bonchev–Trinajstić information content (AvgIpc) is 3.39. The Balaban J connectivity index is 1.47. The van der Waals surface area contributed by atoms with Crippen LogP contribution in [0.3, 0.4) is 0 Å². The molecule has 1 aliphatic rings. The van der Waals surface area contributed by atoms with E-state index in [2.05, 4.69) is 11.4 Å². The van der Waals surface area contributed by atoms with E-state index >= 15 is 0 Å². The number of nitrogens with one attached hydrogen (secondary N) is 1. The Morgan fingerprint density at radius 3 is 2.27 bits per heavy atom. The molecule has 0 aliphatic heterocycles. The van der Waals surface area contributed by atoms with Gasteiger partial charge in [0.2, 0.25) is 0 Å². The van der Waals surface area contributed by atoms with E-state index in [0.29, 0.717) is 36.3 Å². The summed E-state index contributed by atoms with van der Waals surface area (Å²) < 4.78 is 20.3. The Labute approximate surface area is 260 Å². The van der Waals surface area contributed by atoms with Crippen LogP contribution in [-0.4, -0.2) is 40.6 Å². The van der Waals surface area contributed by atoms with Crippen molar-refractivity contribution in [2.45, 2.75) is 77.7 Å². The molecule has 1 atom stereocenters. The normalized spacial score (nSPS) is 15.2. The van der Waals surface area contributed by atoms with E-state index in [0.717, 1.165) is 60.7 Å². The van der Waals surface area contributed by atoms with Gasteiger partial charge in [-0.1, -0.05) is 72.3 Å². The molecule has 1 aliphatic carbocycles. The predicted octanol–water partition coefficient (Wildman–Crippen LogP) is 7.58. The molecule has 0 fully saturated rings. The lowest BCUT2D eigenvalue weighted by Crippen LogP contribution is -2.32. The SMILES string of the molecule is CC(C)(C)OC(=O)n1cc(CCNC2CCC=C(CCO)C2)c2ccc(OCc3ccccc3)c(OCc3ccccc3)c21. The van der Waals surface area contributed by atoms with Crippen molar-refractivity contribution in [1.29, 1.82) is 0 Å². The molecule has 0 bridgehead atoms. The number of benzene rings is 3. The number of rotatable bonds is 12. The Morgan fingerprint density at radius 2 is 1.61 bits per heavy atom. The minimum absolute atomic E-state index is 0.189. The minimum Gasteiger partial charge on any atom is -0.485 e. The fraction of sp³-hybridized carbons (Fsp3) is 0.378. The zero-order valence-corrected chi connectivity index (χ0v) is 26.1. The van der Waals surface area contributed by atoms with Crippen LogP contribution in [-0.2, 0) is 24.4 Å². The first kappa shape index (κ1) is 31.4. The second-order valence-corrected chi connectivity index (χ2v) is 12.4. The van der Waals surface area contributed by atoms with Crippen LogP contribution in [0.5, 0.6) is 11.5 Å². The third-order valence-electron chi connectivity index (χ3n) is 7.74. The molecule has 1 aromatic heterocycles. The molecule has 1 heterocycles. The third kappa shape index (κ3) is 8.30. The van der Waals surface area contributed by atoms with Crippen molar-refractivity contribution in [3.8, 4) is 11.5 Å². The summed E-state index contributed by atoms with van der Waals surface area (Å²) in [6.07, 6.45) is 8.21. The highest BCUT2D eigenvalue weighted by Crippen LogP contribution is 2.40. The van der Waals surface area contributed by atoms with Crippen molar-refractivity contribution in [3.63, 3.8) is 0 Å². The standard InChI is InChI=1S/C37H44N2O5/c1-37(2,3)44-36(41)39-24-30(19-21-38-31-16-10-15-27(23-31)20-22-40)32-17-18-33(42-25-28-11-6-4-7-12-28)35(34(32)39)43-26-29-13-8-5-9-14-29/h4-9,11-15,17-18,24,31,38,40H,10,16,19-23,25-26H2,1-3H3. The quantitative estimate of drug-likeness (QED) is 0.164. The number of allylic oxidation sites excluding steroid dienone is 1. The van der Waals surface area contributed by atoms with Gasteiger partial charge in [0.15, 0.2) is 11.5 Å². The van der Waals surface area contributed by atoms with E-state index in [1.165, 1.54) is 5.57 Å². The summed E-state index contributed by atoms with van der Waals surface area (Å²) in [4.78, 5) is 13.6. The highest BCUT2D eigenvalue weighted by atomic mass is 16.6. The first-order chi connectivity index (χ1) is 21.3. The number of hydrogen-bond acceptors (Lipinski definition) is 6. The largest absolute Gasteiger partial charge is 0.485 e. The fourth-order valence-corrected chi connectivity index (χ4v) is 5.64. The first-order valence-electron chi connectivity index (χ1n) is 15.6. The predicted molar refractivity (Wildman–Crippen MR) is 174 cm³/mol. The van der Waals surface area contributed by atoms with Crippen LogP contribution in [0.1, 0.15) is 63.1 Å². The van der Waals surface area contributed by atoms with Gasteiger partial charge in [0.1, 0.15) is 24.3 Å². The van der Waals surface area contributed by atoms with Gasteiger partial charge in [-0.05, 0) is 88.2 Å². The van der Waals surface area contributed by atoms with Crippen molar-refractivity contribution in [2.24, 2.45) is 0 Å². The summed E-state index contributed by atoms with van der Waals surface area (Å²) in [7, 11) is 0. The van der Waals surface area contributed by atoms with E-state index < -0.39 is 11.7 Å². The molecule has 1 unspecified atom stereocenters. The van der Waals surface area contributed by atoms with Gasteiger partial charge in [-0.25, -0.2) is 9.36 Å². The summed E-state index contributed by atoms with van der Waals surface area (Å²) in [5, 5.41) is 14.0. The number of aromatic nitrogens is 1. The van der Waals surface area contributed by atoms with Gasteiger partial charge < -0.3 is 24.6 Å². The lowest BCUT2D eigenvalue weighted by molar-refractivity contribution is 0.0543. The van der Waals surface area contributed by atoms with Crippen LogP contribution in [0.2, 0.25) is 0 Å². The second-order valence-electron chi connectivity index (χ2n) is 12.4. The summed E-state index contributed by atoms with van der Waals surface area (Å²) in [5.74, 6) is 1.08. The Bertz CT molecular complexity index is 1550. The third-order valence-corrected chi connectivity index (χ3v) is 7.74. The number of aliphatic hydroxyl groups is 1. The molecule has 44 heavy (non-hydrogen) atoms. The van der Waals surface area contributed by atoms with Crippen molar-refractivity contribution < 1.29 is 24.1 Å². The molecule has 232 valence electrons. The molecule has 0 saturated heterocycles. The van der Waals surface area contributed by atoms with Gasteiger partial charge in [0.25, 0.3) is 0 Å². The zero-order chi connectivity index (χ0) is 30.9. The smallest absolute Gasteiger partial charge is 0.419 e. The average molecular weight is 597 g/mol. The van der Waals surface area contributed by atoms with E-state index in [9.17, 15) is 9.90 Å². The van der Waals surface area contributed by atoms with Crippen LogP contribution >= 0.6 is 0 Å². The number of ether oxygens (including phenoxy) is 3. The van der Waals surface area contributed by atoms with Crippen LogP contribution in [0, 0.1) is 0 Å². The number of nitrogens with zero attached hydrogens (tertiary/aromatic N) is 1. The molecule has 0 saturated carbocycles. The van der Waals surface area contributed by atoms with Crippen LogP contribution in [0.4, 0.5) is 4.79 Å². The fourth-order valence-electron chi connectivity index (χ4n) is 5.64. The van der Waals surface area contributed by atoms with Gasteiger partial charge in [-0.2, -0.15) is 0 Å². The van der Waals surface area contributed by atoms with E-state index in [4.69, 9.17) is 14.2 Å². The number of carbonyl (C=O) groups excluding carboxylic acids is 1. The first-order valence-corrected chi connectivity index (χ1v) is 15.6. The lowest BCUT2D eigenvalue weighted by atomic mass is 9.93. The summed E-state index contributed by atoms with van der Waals surface area (Å²) in [6.45, 7) is 7.24. The maximum absolute atomic E-state index is 13.6. The molecule has 5 rings (SSSR count). The molecular weight excluding hydrogens is 552 g/mol. The van der Waals surface area contributed by atoms with Gasteiger partial charge in [-0.3, -0.25) is 0 Å². The lowest BCUT2D eigenvalue weighted by Gasteiger charge is -2.23. The van der Waals surface area contributed by atoms with E-state index in [-0.39, 0.29) is 6.61 Å².